The fraction of sp³-hybridized carbons (Fsp3) is 0.529. The van der Waals surface area contributed by atoms with Gasteiger partial charge in [0.2, 0.25) is 16.2 Å². The molecule has 0 aromatic carbocycles. The van der Waals surface area contributed by atoms with Gasteiger partial charge in [0.1, 0.15) is 0 Å². The van der Waals surface area contributed by atoms with Crippen molar-refractivity contribution in [3.05, 3.63) is 24.0 Å². The maximum Gasteiger partial charge on any atom is 0.225 e. The smallest absolute Gasteiger partial charge is 0.225 e. The standard InChI is InChI=1S/C17H23N5O2S/c1-3-20(4-2)15(24)13-7-10-21(11-8-13)16-18-19-17(25-16)22-9-5-6-14(22)12-23/h5-6,9,12-13H,3-4,7-8,10-11H2,1-2H3. The molecule has 0 spiro atoms. The van der Waals surface area contributed by atoms with Crippen LogP contribution < -0.4 is 4.90 Å². The van der Waals surface area contributed by atoms with Crippen molar-refractivity contribution in [2.75, 3.05) is 31.1 Å². The molecular weight excluding hydrogens is 338 g/mol. The predicted octanol–water partition coefficient (Wildman–Crippen LogP) is 2.23. The average Bonchev–Trinajstić information content (AvgIpc) is 3.31. The minimum atomic E-state index is 0.106. The summed E-state index contributed by atoms with van der Waals surface area (Å²) in [6, 6.07) is 3.56. The van der Waals surface area contributed by atoms with E-state index in [9.17, 15) is 9.59 Å². The number of amides is 1. The normalized spacial score (nSPS) is 15.4. The van der Waals surface area contributed by atoms with Crippen LogP contribution in [0.2, 0.25) is 0 Å². The number of anilines is 1. The van der Waals surface area contributed by atoms with E-state index in [1.807, 2.05) is 31.0 Å². The Bertz CT molecular complexity index is 729. The number of carbonyl (C=O) groups excluding carboxylic acids is 2. The van der Waals surface area contributed by atoms with Crippen LogP contribution in [0.25, 0.3) is 5.13 Å². The molecule has 0 atom stereocenters. The van der Waals surface area contributed by atoms with Crippen molar-refractivity contribution in [2.45, 2.75) is 26.7 Å². The Balaban J connectivity index is 1.64. The SMILES string of the molecule is CCN(CC)C(=O)C1CCN(c2nnc(-n3cccc3C=O)s2)CC1. The van der Waals surface area contributed by atoms with Gasteiger partial charge >= 0.3 is 0 Å². The zero-order chi connectivity index (χ0) is 17.8. The van der Waals surface area contributed by atoms with Gasteiger partial charge < -0.3 is 9.80 Å². The van der Waals surface area contributed by atoms with Gasteiger partial charge in [0.15, 0.2) is 6.29 Å². The second-order valence-corrected chi connectivity index (χ2v) is 6.99. The van der Waals surface area contributed by atoms with Gasteiger partial charge in [-0.05, 0) is 38.8 Å². The van der Waals surface area contributed by atoms with Crippen molar-refractivity contribution < 1.29 is 9.59 Å². The lowest BCUT2D eigenvalue weighted by Crippen LogP contribution is -2.42. The van der Waals surface area contributed by atoms with Crippen molar-refractivity contribution in [1.82, 2.24) is 19.7 Å². The van der Waals surface area contributed by atoms with Crippen LogP contribution in [-0.2, 0) is 4.79 Å². The van der Waals surface area contributed by atoms with Gasteiger partial charge in [0, 0.05) is 38.3 Å². The third-order valence-corrected chi connectivity index (χ3v) is 5.68. The zero-order valence-electron chi connectivity index (χ0n) is 14.6. The molecule has 8 heteroatoms. The van der Waals surface area contributed by atoms with Crippen LogP contribution in [0.15, 0.2) is 18.3 Å². The molecule has 7 nitrogen and oxygen atoms in total. The van der Waals surface area contributed by atoms with Gasteiger partial charge in [-0.3, -0.25) is 14.2 Å². The predicted molar refractivity (Wildman–Crippen MR) is 97.5 cm³/mol. The molecule has 3 rings (SSSR count). The Labute approximate surface area is 151 Å². The third-order valence-electron chi connectivity index (χ3n) is 4.70. The number of rotatable bonds is 6. The van der Waals surface area contributed by atoms with Crippen LogP contribution in [0, 0.1) is 5.92 Å². The molecule has 25 heavy (non-hydrogen) atoms. The Morgan fingerprint density at radius 3 is 2.60 bits per heavy atom. The van der Waals surface area contributed by atoms with Crippen molar-refractivity contribution in [3.8, 4) is 5.13 Å². The molecule has 2 aromatic heterocycles. The van der Waals surface area contributed by atoms with Crippen molar-refractivity contribution >= 4 is 28.7 Å². The highest BCUT2D eigenvalue weighted by Crippen LogP contribution is 2.29. The van der Waals surface area contributed by atoms with E-state index < -0.39 is 0 Å². The number of hydrogen-bond acceptors (Lipinski definition) is 6. The van der Waals surface area contributed by atoms with E-state index in [2.05, 4.69) is 15.1 Å². The van der Waals surface area contributed by atoms with Crippen molar-refractivity contribution in [3.63, 3.8) is 0 Å². The molecule has 1 fully saturated rings. The molecule has 1 aliphatic rings. The molecule has 2 aromatic rings. The van der Waals surface area contributed by atoms with E-state index in [1.165, 1.54) is 11.3 Å². The number of aromatic nitrogens is 3. The quantitative estimate of drug-likeness (QED) is 0.738. The van der Waals surface area contributed by atoms with Gasteiger partial charge in [-0.2, -0.15) is 0 Å². The summed E-state index contributed by atoms with van der Waals surface area (Å²) >= 11 is 1.46. The van der Waals surface area contributed by atoms with E-state index in [0.717, 1.165) is 50.4 Å². The fourth-order valence-corrected chi connectivity index (χ4v) is 4.11. The minimum absolute atomic E-state index is 0.106. The largest absolute Gasteiger partial charge is 0.347 e. The highest BCUT2D eigenvalue weighted by Gasteiger charge is 2.28. The number of piperidine rings is 1. The summed E-state index contributed by atoms with van der Waals surface area (Å²) in [5.41, 5.74) is 0.561. The zero-order valence-corrected chi connectivity index (χ0v) is 15.4. The van der Waals surface area contributed by atoms with Crippen LogP contribution in [0.1, 0.15) is 37.2 Å². The maximum absolute atomic E-state index is 12.5. The number of aldehydes is 1. The summed E-state index contributed by atoms with van der Waals surface area (Å²) in [5.74, 6) is 0.375. The Hall–Kier alpha value is -2.22. The van der Waals surface area contributed by atoms with Gasteiger partial charge in [-0.1, -0.05) is 11.3 Å². The second kappa shape index (κ2) is 7.77. The first kappa shape index (κ1) is 17.6. The highest BCUT2D eigenvalue weighted by atomic mass is 32.1. The molecule has 1 aliphatic heterocycles. The molecule has 3 heterocycles. The number of carbonyl (C=O) groups is 2. The summed E-state index contributed by atoms with van der Waals surface area (Å²) in [4.78, 5) is 27.6. The molecule has 0 aliphatic carbocycles. The first-order chi connectivity index (χ1) is 12.2. The van der Waals surface area contributed by atoms with Crippen LogP contribution in [0.5, 0.6) is 0 Å². The van der Waals surface area contributed by atoms with Crippen LogP contribution in [0.3, 0.4) is 0 Å². The highest BCUT2D eigenvalue weighted by molar-refractivity contribution is 7.17. The Morgan fingerprint density at radius 2 is 1.96 bits per heavy atom. The second-order valence-electron chi connectivity index (χ2n) is 6.06. The van der Waals surface area contributed by atoms with Crippen molar-refractivity contribution in [2.24, 2.45) is 5.92 Å². The lowest BCUT2D eigenvalue weighted by Gasteiger charge is -2.33. The van der Waals surface area contributed by atoms with Crippen LogP contribution in [0.4, 0.5) is 5.13 Å². The van der Waals surface area contributed by atoms with Gasteiger partial charge in [-0.15, -0.1) is 10.2 Å². The monoisotopic (exact) mass is 361 g/mol. The van der Waals surface area contributed by atoms with Gasteiger partial charge in [0.05, 0.1) is 5.69 Å². The van der Waals surface area contributed by atoms with Gasteiger partial charge in [-0.25, -0.2) is 0 Å². The summed E-state index contributed by atoms with van der Waals surface area (Å²) < 4.78 is 1.74. The summed E-state index contributed by atoms with van der Waals surface area (Å²) in [6.07, 6.45) is 4.30. The Morgan fingerprint density at radius 1 is 1.28 bits per heavy atom. The molecular formula is C17H23N5O2S. The van der Waals surface area contributed by atoms with Gasteiger partial charge in [0.25, 0.3) is 0 Å². The average molecular weight is 361 g/mol. The van der Waals surface area contributed by atoms with E-state index in [1.54, 1.807) is 10.6 Å². The molecule has 0 N–H and O–H groups in total. The van der Waals surface area contributed by atoms with Crippen LogP contribution in [-0.4, -0.2) is 58.0 Å². The molecule has 0 bridgehead atoms. The summed E-state index contributed by atoms with van der Waals surface area (Å²) in [6.45, 7) is 7.19. The first-order valence-electron chi connectivity index (χ1n) is 8.68. The minimum Gasteiger partial charge on any atom is -0.347 e. The summed E-state index contributed by atoms with van der Waals surface area (Å²) in [7, 11) is 0. The molecule has 0 saturated carbocycles. The van der Waals surface area contributed by atoms with E-state index >= 15 is 0 Å². The van der Waals surface area contributed by atoms with E-state index in [4.69, 9.17) is 0 Å². The third kappa shape index (κ3) is 3.58. The lowest BCUT2D eigenvalue weighted by atomic mass is 9.95. The summed E-state index contributed by atoms with van der Waals surface area (Å²) in [5, 5.41) is 10.0. The molecule has 134 valence electrons. The number of hydrogen-bond donors (Lipinski definition) is 0. The topological polar surface area (TPSA) is 71.3 Å². The van der Waals surface area contributed by atoms with E-state index in [-0.39, 0.29) is 11.8 Å². The lowest BCUT2D eigenvalue weighted by molar-refractivity contribution is -0.135. The fourth-order valence-electron chi connectivity index (χ4n) is 3.21. The molecule has 1 amide bonds. The van der Waals surface area contributed by atoms with Crippen LogP contribution >= 0.6 is 11.3 Å². The Kier molecular flexibility index (Phi) is 5.47. The first-order valence-corrected chi connectivity index (χ1v) is 9.49. The van der Waals surface area contributed by atoms with E-state index in [0.29, 0.717) is 10.8 Å². The van der Waals surface area contributed by atoms with Crippen molar-refractivity contribution in [1.29, 1.82) is 0 Å². The number of nitrogens with zero attached hydrogens (tertiary/aromatic N) is 5. The molecule has 0 radical (unpaired) electrons. The molecule has 0 unspecified atom stereocenters. The maximum atomic E-state index is 12.5. The molecule has 1 saturated heterocycles.